The number of methoxy groups -OCH3 is 1. The Hall–Kier alpha value is -4.70. The van der Waals surface area contributed by atoms with Crippen molar-refractivity contribution in [2.75, 3.05) is 12.4 Å². The molecule has 200 valence electrons. The molecular weight excluding hydrogens is 526 g/mol. The molecule has 5 aromatic rings. The van der Waals surface area contributed by atoms with Crippen molar-refractivity contribution in [1.82, 2.24) is 19.6 Å². The number of imide groups is 1. The number of benzene rings is 3. The Labute approximate surface area is 233 Å². The van der Waals surface area contributed by atoms with Crippen molar-refractivity contribution in [1.29, 1.82) is 0 Å². The molecule has 3 amide bonds. The number of fused-ring (bicyclic) bond motifs is 4. The molecule has 0 aliphatic carbocycles. The standard InChI is InChI=1S/C30H25N5O4S/c1-39-20-8-10-22-24(14-20)40-30-33-26(27(35(22)30)31-15-17-5-3-2-4-6-17)18-7-9-21-19(13-18)16-34(29(21)38)23-11-12-25(36)32-28(23)37/h2-10,13-14,23,31H,11-12,15-16H2,1H3,(H,32,36,37). The lowest BCUT2D eigenvalue weighted by Gasteiger charge is -2.29. The number of piperidine rings is 1. The molecule has 9 nitrogen and oxygen atoms in total. The smallest absolute Gasteiger partial charge is 0.255 e. The molecule has 40 heavy (non-hydrogen) atoms. The van der Waals surface area contributed by atoms with Gasteiger partial charge in [-0.15, -0.1) is 0 Å². The Kier molecular flexibility index (Phi) is 5.78. The third-order valence-corrected chi connectivity index (χ3v) is 8.56. The van der Waals surface area contributed by atoms with Crippen molar-refractivity contribution in [3.8, 4) is 17.0 Å². The molecule has 0 spiro atoms. The summed E-state index contributed by atoms with van der Waals surface area (Å²) in [6, 6.07) is 21.2. The van der Waals surface area contributed by atoms with Crippen molar-refractivity contribution in [3.05, 3.63) is 83.4 Å². The Morgan fingerprint density at radius 2 is 1.93 bits per heavy atom. The van der Waals surface area contributed by atoms with Crippen LogP contribution >= 0.6 is 11.3 Å². The van der Waals surface area contributed by atoms with E-state index in [2.05, 4.69) is 27.2 Å². The summed E-state index contributed by atoms with van der Waals surface area (Å²) in [6.07, 6.45) is 0.559. The molecule has 10 heteroatoms. The highest BCUT2D eigenvalue weighted by atomic mass is 32.1. The molecule has 1 unspecified atom stereocenters. The summed E-state index contributed by atoms with van der Waals surface area (Å²) in [6.45, 7) is 0.924. The average Bonchev–Trinajstić information content (AvgIpc) is 3.61. The van der Waals surface area contributed by atoms with Crippen LogP contribution in [-0.2, 0) is 22.7 Å². The van der Waals surface area contributed by atoms with E-state index in [4.69, 9.17) is 9.72 Å². The third kappa shape index (κ3) is 3.99. The maximum atomic E-state index is 13.2. The number of hydrogen-bond acceptors (Lipinski definition) is 7. The Bertz CT molecular complexity index is 1830. The normalized spacial score (nSPS) is 17.0. The number of ether oxygens (including phenoxy) is 1. The first kappa shape index (κ1) is 24.3. The van der Waals surface area contributed by atoms with Gasteiger partial charge in [0.2, 0.25) is 11.8 Å². The van der Waals surface area contributed by atoms with Gasteiger partial charge in [0.05, 0.1) is 17.3 Å². The van der Waals surface area contributed by atoms with Gasteiger partial charge in [0.1, 0.15) is 23.3 Å². The van der Waals surface area contributed by atoms with E-state index in [9.17, 15) is 14.4 Å². The predicted octanol–water partition coefficient (Wildman–Crippen LogP) is 4.60. The highest BCUT2D eigenvalue weighted by Gasteiger charge is 2.39. The lowest BCUT2D eigenvalue weighted by molar-refractivity contribution is -0.136. The van der Waals surface area contributed by atoms with Gasteiger partial charge >= 0.3 is 0 Å². The van der Waals surface area contributed by atoms with E-state index < -0.39 is 11.9 Å². The molecule has 1 fully saturated rings. The van der Waals surface area contributed by atoms with Crippen molar-refractivity contribution >= 4 is 50.1 Å². The SMILES string of the molecule is COc1ccc2c(c1)sc1nc(-c3ccc4c(c3)CN(C3CCC(=O)NC3=O)C4=O)c(NCc3ccccc3)n12. The molecule has 1 saturated heterocycles. The summed E-state index contributed by atoms with van der Waals surface area (Å²) < 4.78 is 8.62. The van der Waals surface area contributed by atoms with E-state index in [1.807, 2.05) is 54.6 Å². The van der Waals surface area contributed by atoms with Crippen molar-refractivity contribution in [2.24, 2.45) is 0 Å². The minimum absolute atomic E-state index is 0.191. The van der Waals surface area contributed by atoms with Crippen LogP contribution in [0.3, 0.4) is 0 Å². The molecule has 1 atom stereocenters. The van der Waals surface area contributed by atoms with E-state index in [0.29, 0.717) is 25.1 Å². The summed E-state index contributed by atoms with van der Waals surface area (Å²) >= 11 is 1.59. The largest absolute Gasteiger partial charge is 0.497 e. The second-order valence-corrected chi connectivity index (χ2v) is 11.0. The summed E-state index contributed by atoms with van der Waals surface area (Å²) in [5.41, 5.74) is 5.25. The number of carbonyl (C=O) groups excluding carboxylic acids is 3. The molecule has 2 aliphatic rings. The highest BCUT2D eigenvalue weighted by molar-refractivity contribution is 7.23. The van der Waals surface area contributed by atoms with E-state index >= 15 is 0 Å². The lowest BCUT2D eigenvalue weighted by Crippen LogP contribution is -2.52. The monoisotopic (exact) mass is 551 g/mol. The molecule has 2 aliphatic heterocycles. The van der Waals surface area contributed by atoms with Crippen LogP contribution in [0.5, 0.6) is 5.75 Å². The van der Waals surface area contributed by atoms with Gasteiger partial charge in [-0.3, -0.25) is 24.1 Å². The Morgan fingerprint density at radius 1 is 1.07 bits per heavy atom. The number of thiazole rings is 1. The van der Waals surface area contributed by atoms with Gasteiger partial charge in [-0.1, -0.05) is 47.7 Å². The first-order valence-corrected chi connectivity index (χ1v) is 13.9. The number of rotatable bonds is 6. The van der Waals surface area contributed by atoms with Crippen LogP contribution in [0.25, 0.3) is 26.4 Å². The minimum atomic E-state index is -0.648. The van der Waals surface area contributed by atoms with Crippen LogP contribution in [0.2, 0.25) is 0 Å². The molecule has 0 saturated carbocycles. The van der Waals surface area contributed by atoms with Crippen LogP contribution in [0.15, 0.2) is 66.7 Å². The zero-order chi connectivity index (χ0) is 27.4. The Balaban J connectivity index is 1.28. The number of imidazole rings is 1. The van der Waals surface area contributed by atoms with Crippen molar-refractivity contribution < 1.29 is 19.1 Å². The number of carbonyl (C=O) groups is 3. The number of hydrogen-bond donors (Lipinski definition) is 2. The third-order valence-electron chi connectivity index (χ3n) is 7.56. The summed E-state index contributed by atoms with van der Waals surface area (Å²) in [5.74, 6) is 0.752. The highest BCUT2D eigenvalue weighted by Crippen LogP contribution is 2.39. The molecule has 0 bridgehead atoms. The van der Waals surface area contributed by atoms with Crippen molar-refractivity contribution in [2.45, 2.75) is 32.0 Å². The van der Waals surface area contributed by atoms with Gasteiger partial charge in [-0.25, -0.2) is 4.98 Å². The maximum absolute atomic E-state index is 13.2. The van der Waals surface area contributed by atoms with Gasteiger partial charge < -0.3 is 15.0 Å². The van der Waals surface area contributed by atoms with Gasteiger partial charge in [-0.2, -0.15) is 0 Å². The molecule has 3 aromatic carbocycles. The van der Waals surface area contributed by atoms with Crippen LogP contribution < -0.4 is 15.4 Å². The second kappa shape index (κ2) is 9.49. The van der Waals surface area contributed by atoms with E-state index in [-0.39, 0.29) is 18.2 Å². The average molecular weight is 552 g/mol. The van der Waals surface area contributed by atoms with Crippen LogP contribution in [-0.4, -0.2) is 45.2 Å². The number of nitrogens with one attached hydrogen (secondary N) is 2. The molecular formula is C30H25N5O4S. The number of anilines is 1. The summed E-state index contributed by atoms with van der Waals surface area (Å²) in [4.78, 5) is 44.8. The first-order valence-electron chi connectivity index (χ1n) is 13.0. The van der Waals surface area contributed by atoms with E-state index in [0.717, 1.165) is 49.1 Å². The minimum Gasteiger partial charge on any atom is -0.497 e. The van der Waals surface area contributed by atoms with Gasteiger partial charge in [-0.05, 0) is 47.9 Å². The number of nitrogens with zero attached hydrogens (tertiary/aromatic N) is 3. The molecule has 4 heterocycles. The maximum Gasteiger partial charge on any atom is 0.255 e. The number of amides is 3. The van der Waals surface area contributed by atoms with Gasteiger partial charge in [0.15, 0.2) is 4.96 Å². The zero-order valence-electron chi connectivity index (χ0n) is 21.6. The fourth-order valence-electron chi connectivity index (χ4n) is 5.55. The first-order chi connectivity index (χ1) is 19.5. The summed E-state index contributed by atoms with van der Waals surface area (Å²) in [7, 11) is 1.66. The van der Waals surface area contributed by atoms with Gasteiger partial charge in [0.25, 0.3) is 5.91 Å². The van der Waals surface area contributed by atoms with Crippen molar-refractivity contribution in [3.63, 3.8) is 0 Å². The van der Waals surface area contributed by atoms with E-state index in [1.165, 1.54) is 0 Å². The van der Waals surface area contributed by atoms with Crippen LogP contribution in [0, 0.1) is 0 Å². The molecule has 0 radical (unpaired) electrons. The topological polar surface area (TPSA) is 105 Å². The zero-order valence-corrected chi connectivity index (χ0v) is 22.5. The van der Waals surface area contributed by atoms with Crippen LogP contribution in [0.1, 0.15) is 34.3 Å². The molecule has 7 rings (SSSR count). The number of aromatic nitrogens is 2. The summed E-state index contributed by atoms with van der Waals surface area (Å²) in [5, 5.41) is 5.98. The van der Waals surface area contributed by atoms with Gasteiger partial charge in [0, 0.05) is 30.6 Å². The molecule has 2 N–H and O–H groups in total. The van der Waals surface area contributed by atoms with Crippen LogP contribution in [0.4, 0.5) is 5.82 Å². The molecule has 2 aromatic heterocycles. The van der Waals surface area contributed by atoms with E-state index in [1.54, 1.807) is 23.3 Å². The quantitative estimate of drug-likeness (QED) is 0.299. The fourth-order valence-corrected chi connectivity index (χ4v) is 6.60. The lowest BCUT2D eigenvalue weighted by atomic mass is 10.0. The second-order valence-electron chi connectivity index (χ2n) is 9.97. The Morgan fingerprint density at radius 3 is 2.73 bits per heavy atom. The fraction of sp³-hybridized carbons (Fsp3) is 0.200. The predicted molar refractivity (Wildman–Crippen MR) is 152 cm³/mol.